The molecule has 0 aliphatic carbocycles. The van der Waals surface area contributed by atoms with Crippen molar-refractivity contribution in [3.8, 4) is 6.07 Å². The molecule has 0 aromatic carbocycles. The van der Waals surface area contributed by atoms with Gasteiger partial charge in [0.1, 0.15) is 17.5 Å². The Morgan fingerprint density at radius 2 is 2.05 bits per heavy atom. The van der Waals surface area contributed by atoms with Crippen molar-refractivity contribution in [1.29, 1.82) is 5.26 Å². The van der Waals surface area contributed by atoms with Crippen LogP contribution in [0.5, 0.6) is 0 Å². The first-order chi connectivity index (χ1) is 10.3. The largest absolute Gasteiger partial charge is 0.460 e. The van der Waals surface area contributed by atoms with Crippen LogP contribution in [0.4, 0.5) is 5.82 Å². The lowest BCUT2D eigenvalue weighted by Gasteiger charge is -2.41. The number of anilines is 1. The molecular weight excluding hydrogens is 282 g/mol. The van der Waals surface area contributed by atoms with Crippen LogP contribution in [0.2, 0.25) is 0 Å². The molecule has 0 radical (unpaired) electrons. The lowest BCUT2D eigenvalue weighted by molar-refractivity contribution is -0.160. The van der Waals surface area contributed by atoms with E-state index in [4.69, 9.17) is 4.74 Å². The van der Waals surface area contributed by atoms with Crippen LogP contribution in [-0.4, -0.2) is 29.2 Å². The normalized spacial score (nSPS) is 15.1. The summed E-state index contributed by atoms with van der Waals surface area (Å²) >= 11 is 0. The highest BCUT2D eigenvalue weighted by molar-refractivity contribution is 5.77. The number of carbonyl (C=O) groups is 1. The predicted octanol–water partition coefficient (Wildman–Crippen LogP) is 1.52. The molecule has 6 nitrogen and oxygen atoms in total. The Morgan fingerprint density at radius 1 is 1.41 bits per heavy atom. The quantitative estimate of drug-likeness (QED) is 0.791. The van der Waals surface area contributed by atoms with Gasteiger partial charge < -0.3 is 9.64 Å². The fraction of sp³-hybridized carbons (Fsp3) is 0.562. The Kier molecular flexibility index (Phi) is 4.27. The van der Waals surface area contributed by atoms with E-state index in [2.05, 4.69) is 6.07 Å². The number of rotatable bonds is 3. The molecule has 0 N–H and O–H groups in total. The molecule has 1 aliphatic rings. The maximum Gasteiger partial charge on any atom is 0.313 e. The van der Waals surface area contributed by atoms with Gasteiger partial charge in [-0.3, -0.25) is 14.2 Å². The monoisotopic (exact) mass is 303 g/mol. The Morgan fingerprint density at radius 3 is 2.55 bits per heavy atom. The van der Waals surface area contributed by atoms with Crippen LogP contribution in [0.3, 0.4) is 0 Å². The minimum absolute atomic E-state index is 0.141. The summed E-state index contributed by atoms with van der Waals surface area (Å²) in [6, 6.07) is 5.04. The molecule has 118 valence electrons. The summed E-state index contributed by atoms with van der Waals surface area (Å²) in [4.78, 5) is 25.8. The van der Waals surface area contributed by atoms with Gasteiger partial charge in [0.05, 0.1) is 11.5 Å². The summed E-state index contributed by atoms with van der Waals surface area (Å²) in [6.07, 6.45) is 0. The van der Waals surface area contributed by atoms with E-state index in [1.165, 1.54) is 12.1 Å². The molecule has 1 aliphatic heterocycles. The van der Waals surface area contributed by atoms with E-state index < -0.39 is 5.60 Å². The Balaban J connectivity index is 2.17. The number of carbonyl (C=O) groups excluding carboxylic acids is 1. The highest BCUT2D eigenvalue weighted by Gasteiger charge is 2.37. The summed E-state index contributed by atoms with van der Waals surface area (Å²) in [6.45, 7) is 8.78. The first-order valence-electron chi connectivity index (χ1n) is 7.38. The molecule has 1 aromatic heterocycles. The van der Waals surface area contributed by atoms with Gasteiger partial charge in [-0.15, -0.1) is 0 Å². The summed E-state index contributed by atoms with van der Waals surface area (Å²) in [5.41, 5.74) is -0.200. The second kappa shape index (κ2) is 5.84. The van der Waals surface area contributed by atoms with Crippen LogP contribution >= 0.6 is 0 Å². The third-order valence-corrected chi connectivity index (χ3v) is 3.51. The van der Waals surface area contributed by atoms with Gasteiger partial charge in [0.2, 0.25) is 0 Å². The molecule has 2 rings (SSSR count). The van der Waals surface area contributed by atoms with E-state index in [0.29, 0.717) is 31.0 Å². The summed E-state index contributed by atoms with van der Waals surface area (Å²) < 4.78 is 6.92. The number of nitrogens with zero attached hydrogens (tertiary/aromatic N) is 3. The summed E-state index contributed by atoms with van der Waals surface area (Å²) in [5.74, 6) is 0.146. The fourth-order valence-electron chi connectivity index (χ4n) is 2.49. The minimum Gasteiger partial charge on any atom is -0.460 e. The van der Waals surface area contributed by atoms with E-state index in [1.54, 1.807) is 4.57 Å². The summed E-state index contributed by atoms with van der Waals surface area (Å²) in [7, 11) is 0. The van der Waals surface area contributed by atoms with Gasteiger partial charge in [0.25, 0.3) is 5.56 Å². The molecule has 0 spiro atoms. The number of ether oxygens (including phenoxy) is 1. The fourth-order valence-corrected chi connectivity index (χ4v) is 2.49. The van der Waals surface area contributed by atoms with E-state index in [-0.39, 0.29) is 17.4 Å². The molecule has 0 bridgehead atoms. The molecule has 0 saturated carbocycles. The average Bonchev–Trinajstić information content (AvgIpc) is 2.35. The van der Waals surface area contributed by atoms with E-state index in [9.17, 15) is 14.9 Å². The van der Waals surface area contributed by atoms with E-state index in [0.717, 1.165) is 0 Å². The molecule has 1 saturated heterocycles. The third kappa shape index (κ3) is 3.14. The number of nitriles is 1. The van der Waals surface area contributed by atoms with Crippen molar-refractivity contribution in [3.63, 3.8) is 0 Å². The van der Waals surface area contributed by atoms with Crippen molar-refractivity contribution < 1.29 is 9.53 Å². The van der Waals surface area contributed by atoms with Crippen LogP contribution in [0.25, 0.3) is 0 Å². The minimum atomic E-state index is -0.506. The number of aromatic nitrogens is 1. The van der Waals surface area contributed by atoms with Gasteiger partial charge in [-0.1, -0.05) is 0 Å². The van der Waals surface area contributed by atoms with Crippen molar-refractivity contribution in [1.82, 2.24) is 4.57 Å². The van der Waals surface area contributed by atoms with Gasteiger partial charge in [0, 0.05) is 25.7 Å². The van der Waals surface area contributed by atoms with Crippen LogP contribution < -0.4 is 10.5 Å². The van der Waals surface area contributed by atoms with Crippen molar-refractivity contribution in [2.45, 2.75) is 39.8 Å². The lowest BCUT2D eigenvalue weighted by Crippen LogP contribution is -2.53. The standard InChI is InChI=1S/C16H21N3O3/c1-5-19-13(20)7-6-11(8-17)14(19)18-9-12(10-18)15(21)22-16(2,3)4/h6-7,12H,5,9-10H2,1-4H3. The first-order valence-corrected chi connectivity index (χ1v) is 7.38. The Bertz CT molecular complexity index is 673. The lowest BCUT2D eigenvalue weighted by atomic mass is 9.99. The van der Waals surface area contributed by atoms with Crippen molar-refractivity contribution in [2.24, 2.45) is 5.92 Å². The van der Waals surface area contributed by atoms with Crippen LogP contribution in [0.15, 0.2) is 16.9 Å². The zero-order chi connectivity index (χ0) is 16.5. The molecule has 22 heavy (non-hydrogen) atoms. The second-order valence-corrected chi connectivity index (χ2v) is 6.40. The van der Waals surface area contributed by atoms with E-state index >= 15 is 0 Å². The SMILES string of the molecule is CCn1c(N2CC(C(=O)OC(C)(C)C)C2)c(C#N)ccc1=O. The van der Waals surface area contributed by atoms with Gasteiger partial charge in [-0.25, -0.2) is 0 Å². The Hall–Kier alpha value is -2.29. The molecule has 0 unspecified atom stereocenters. The zero-order valence-electron chi connectivity index (χ0n) is 13.4. The molecule has 1 fully saturated rings. The van der Waals surface area contributed by atoms with Crippen molar-refractivity contribution in [2.75, 3.05) is 18.0 Å². The van der Waals surface area contributed by atoms with E-state index in [1.807, 2.05) is 32.6 Å². The average molecular weight is 303 g/mol. The topological polar surface area (TPSA) is 75.3 Å². The molecule has 1 aromatic rings. The molecule has 0 amide bonds. The van der Waals surface area contributed by atoms with Crippen molar-refractivity contribution >= 4 is 11.8 Å². The highest BCUT2D eigenvalue weighted by atomic mass is 16.6. The third-order valence-electron chi connectivity index (χ3n) is 3.51. The highest BCUT2D eigenvalue weighted by Crippen LogP contribution is 2.28. The van der Waals surface area contributed by atoms with Crippen LogP contribution in [-0.2, 0) is 16.1 Å². The molecule has 2 heterocycles. The van der Waals surface area contributed by atoms with Gasteiger partial charge in [0.15, 0.2) is 0 Å². The summed E-state index contributed by atoms with van der Waals surface area (Å²) in [5, 5.41) is 9.24. The molecule has 6 heteroatoms. The number of esters is 1. The second-order valence-electron chi connectivity index (χ2n) is 6.40. The number of hydrogen-bond acceptors (Lipinski definition) is 5. The van der Waals surface area contributed by atoms with Crippen LogP contribution in [0.1, 0.15) is 33.3 Å². The predicted molar refractivity (Wildman–Crippen MR) is 82.6 cm³/mol. The first kappa shape index (κ1) is 16.1. The van der Waals surface area contributed by atoms with Gasteiger partial charge in [-0.2, -0.15) is 5.26 Å². The maximum absolute atomic E-state index is 12.0. The van der Waals surface area contributed by atoms with Gasteiger partial charge >= 0.3 is 5.97 Å². The molecular formula is C16H21N3O3. The molecule has 0 atom stereocenters. The zero-order valence-corrected chi connectivity index (χ0v) is 13.4. The number of hydrogen-bond donors (Lipinski definition) is 0. The Labute approximate surface area is 129 Å². The smallest absolute Gasteiger partial charge is 0.313 e. The maximum atomic E-state index is 12.0. The van der Waals surface area contributed by atoms with Gasteiger partial charge in [-0.05, 0) is 33.8 Å². The number of pyridine rings is 1. The van der Waals surface area contributed by atoms with Crippen molar-refractivity contribution in [3.05, 3.63) is 28.0 Å². The van der Waals surface area contributed by atoms with Crippen LogP contribution in [0, 0.1) is 17.2 Å².